The second kappa shape index (κ2) is 5.86. The van der Waals surface area contributed by atoms with Crippen molar-refractivity contribution < 1.29 is 9.90 Å². The smallest absolute Gasteiger partial charge is 0.320 e. The normalized spacial score (nSPS) is 12.1. The number of nitrogens with one attached hydrogen (secondary N) is 2. The van der Waals surface area contributed by atoms with Gasteiger partial charge in [-0.2, -0.15) is 4.98 Å². The molecule has 1 rings (SSSR count). The molecule has 0 bridgehead atoms. The molecule has 1 aromatic heterocycles. The van der Waals surface area contributed by atoms with Crippen LogP contribution in [0.3, 0.4) is 0 Å². The van der Waals surface area contributed by atoms with Crippen LogP contribution in [-0.4, -0.2) is 33.6 Å². The number of rotatable bonds is 6. The van der Waals surface area contributed by atoms with E-state index in [0.717, 1.165) is 0 Å². The van der Waals surface area contributed by atoms with Crippen LogP contribution in [0.1, 0.15) is 12.8 Å². The molecule has 1 heterocycles. The lowest BCUT2D eigenvalue weighted by molar-refractivity contribution is -0.138. The minimum absolute atomic E-state index is 0.330. The highest BCUT2D eigenvalue weighted by atomic mass is 16.4. The van der Waals surface area contributed by atoms with Crippen LogP contribution in [0.25, 0.3) is 0 Å². The summed E-state index contributed by atoms with van der Waals surface area (Å²) in [5.74, 6) is -0.636. The highest BCUT2D eigenvalue weighted by Gasteiger charge is 2.09. The van der Waals surface area contributed by atoms with Gasteiger partial charge in [0.2, 0.25) is 5.95 Å². The Hall–Kier alpha value is -1.89. The van der Waals surface area contributed by atoms with Crippen molar-refractivity contribution in [1.29, 1.82) is 0 Å². The molecule has 16 heavy (non-hydrogen) atoms. The molecule has 0 aliphatic carbocycles. The van der Waals surface area contributed by atoms with Gasteiger partial charge in [-0.25, -0.2) is 0 Å². The maximum Gasteiger partial charge on any atom is 0.320 e. The average Bonchev–Trinajstić information content (AvgIpc) is 2.24. The van der Waals surface area contributed by atoms with E-state index in [2.05, 4.69) is 15.3 Å². The van der Waals surface area contributed by atoms with Gasteiger partial charge in [0.25, 0.3) is 5.56 Å². The number of carboxylic acids is 1. The van der Waals surface area contributed by atoms with Crippen molar-refractivity contribution in [3.8, 4) is 0 Å². The van der Waals surface area contributed by atoms with E-state index in [1.54, 1.807) is 0 Å². The van der Waals surface area contributed by atoms with Crippen molar-refractivity contribution in [2.24, 2.45) is 5.73 Å². The van der Waals surface area contributed by atoms with Gasteiger partial charge in [0.15, 0.2) is 0 Å². The van der Waals surface area contributed by atoms with Crippen molar-refractivity contribution >= 4 is 11.9 Å². The molecule has 0 saturated carbocycles. The molecule has 0 spiro atoms. The number of carboxylic acid groups (broad SMARTS) is 1. The molecule has 0 saturated heterocycles. The Labute approximate surface area is 91.7 Å². The number of H-pyrrole nitrogens is 1. The number of nitrogens with zero attached hydrogens (tertiary/aromatic N) is 1. The number of aromatic amines is 1. The number of anilines is 1. The Morgan fingerprint density at radius 1 is 1.69 bits per heavy atom. The van der Waals surface area contributed by atoms with E-state index in [1.807, 2.05) is 0 Å². The first-order valence-corrected chi connectivity index (χ1v) is 4.87. The van der Waals surface area contributed by atoms with E-state index in [4.69, 9.17) is 10.8 Å². The summed E-state index contributed by atoms with van der Waals surface area (Å²) in [4.78, 5) is 27.7. The summed E-state index contributed by atoms with van der Waals surface area (Å²) in [6.07, 6.45) is 2.45. The van der Waals surface area contributed by atoms with Crippen molar-refractivity contribution in [3.05, 3.63) is 22.6 Å². The molecule has 1 aromatic rings. The summed E-state index contributed by atoms with van der Waals surface area (Å²) < 4.78 is 0. The van der Waals surface area contributed by atoms with Gasteiger partial charge < -0.3 is 21.1 Å². The fourth-order valence-electron chi connectivity index (χ4n) is 1.11. The standard InChI is InChI=1S/C9H14N4O3/c10-6(8(15)16)2-1-4-11-9-12-5-3-7(14)13-9/h3,5-6H,1-2,4,10H2,(H,15,16)(H2,11,12,13,14). The van der Waals surface area contributed by atoms with Crippen LogP contribution in [0, 0.1) is 0 Å². The lowest BCUT2D eigenvalue weighted by Crippen LogP contribution is -2.30. The predicted octanol–water partition coefficient (Wildman–Crippen LogP) is -0.626. The monoisotopic (exact) mass is 226 g/mol. The Bertz CT molecular complexity index is 404. The van der Waals surface area contributed by atoms with Gasteiger partial charge in [0.1, 0.15) is 6.04 Å². The number of hydrogen-bond acceptors (Lipinski definition) is 5. The van der Waals surface area contributed by atoms with Crippen molar-refractivity contribution in [2.45, 2.75) is 18.9 Å². The zero-order valence-corrected chi connectivity index (χ0v) is 8.64. The number of hydrogen-bond donors (Lipinski definition) is 4. The van der Waals surface area contributed by atoms with Crippen LogP contribution in [-0.2, 0) is 4.79 Å². The molecule has 0 aliphatic rings. The van der Waals surface area contributed by atoms with Crippen LogP contribution in [0.15, 0.2) is 17.1 Å². The van der Waals surface area contributed by atoms with Crippen LogP contribution < -0.4 is 16.6 Å². The van der Waals surface area contributed by atoms with Gasteiger partial charge in [-0.05, 0) is 12.8 Å². The molecule has 0 amide bonds. The van der Waals surface area contributed by atoms with E-state index in [0.29, 0.717) is 25.3 Å². The van der Waals surface area contributed by atoms with E-state index >= 15 is 0 Å². The Morgan fingerprint density at radius 2 is 2.44 bits per heavy atom. The third-order valence-corrected chi connectivity index (χ3v) is 1.97. The van der Waals surface area contributed by atoms with Crippen LogP contribution in [0.2, 0.25) is 0 Å². The summed E-state index contributed by atoms with van der Waals surface area (Å²) in [5, 5.41) is 11.4. The molecule has 5 N–H and O–H groups in total. The van der Waals surface area contributed by atoms with Crippen LogP contribution >= 0.6 is 0 Å². The summed E-state index contributed by atoms with van der Waals surface area (Å²) in [6.45, 7) is 0.508. The minimum Gasteiger partial charge on any atom is -0.480 e. The molecular weight excluding hydrogens is 212 g/mol. The predicted molar refractivity (Wildman–Crippen MR) is 58.2 cm³/mol. The Balaban J connectivity index is 2.26. The van der Waals surface area contributed by atoms with E-state index in [1.165, 1.54) is 12.3 Å². The molecule has 0 fully saturated rings. The first-order chi connectivity index (χ1) is 7.59. The molecular formula is C9H14N4O3. The largest absolute Gasteiger partial charge is 0.480 e. The fraction of sp³-hybridized carbons (Fsp3) is 0.444. The molecule has 0 radical (unpaired) electrons. The Morgan fingerprint density at radius 3 is 3.06 bits per heavy atom. The quantitative estimate of drug-likeness (QED) is 0.479. The summed E-state index contributed by atoms with van der Waals surface area (Å²) in [5.41, 5.74) is 4.99. The molecule has 0 aromatic carbocycles. The molecule has 0 aliphatic heterocycles. The van der Waals surface area contributed by atoms with E-state index in [-0.39, 0.29) is 5.56 Å². The molecule has 7 nitrogen and oxygen atoms in total. The Kier molecular flexibility index (Phi) is 4.46. The maximum atomic E-state index is 10.9. The molecule has 88 valence electrons. The third-order valence-electron chi connectivity index (χ3n) is 1.97. The summed E-state index contributed by atoms with van der Waals surface area (Å²) >= 11 is 0. The van der Waals surface area contributed by atoms with Gasteiger partial charge in [-0.1, -0.05) is 0 Å². The van der Waals surface area contributed by atoms with E-state index < -0.39 is 12.0 Å². The second-order valence-corrected chi connectivity index (χ2v) is 3.29. The fourth-order valence-corrected chi connectivity index (χ4v) is 1.11. The lowest BCUT2D eigenvalue weighted by atomic mass is 10.2. The lowest BCUT2D eigenvalue weighted by Gasteiger charge is -2.07. The average molecular weight is 226 g/mol. The van der Waals surface area contributed by atoms with Crippen molar-refractivity contribution in [3.63, 3.8) is 0 Å². The van der Waals surface area contributed by atoms with Gasteiger partial charge in [-0.15, -0.1) is 0 Å². The first kappa shape index (κ1) is 12.2. The van der Waals surface area contributed by atoms with Gasteiger partial charge in [0.05, 0.1) is 0 Å². The highest BCUT2D eigenvalue weighted by Crippen LogP contribution is 1.97. The molecule has 1 unspecified atom stereocenters. The number of aliphatic carboxylic acids is 1. The number of carbonyl (C=O) groups is 1. The van der Waals surface area contributed by atoms with Crippen molar-refractivity contribution in [1.82, 2.24) is 9.97 Å². The molecule has 7 heteroatoms. The minimum atomic E-state index is -1.01. The summed E-state index contributed by atoms with van der Waals surface area (Å²) in [6, 6.07) is 0.468. The second-order valence-electron chi connectivity index (χ2n) is 3.29. The van der Waals surface area contributed by atoms with Gasteiger partial charge in [0, 0.05) is 18.8 Å². The summed E-state index contributed by atoms with van der Waals surface area (Å²) in [7, 11) is 0. The number of nitrogens with two attached hydrogens (primary N) is 1. The van der Waals surface area contributed by atoms with Crippen LogP contribution in [0.5, 0.6) is 0 Å². The third kappa shape index (κ3) is 4.09. The topological polar surface area (TPSA) is 121 Å². The zero-order chi connectivity index (χ0) is 12.0. The van der Waals surface area contributed by atoms with Crippen LogP contribution in [0.4, 0.5) is 5.95 Å². The zero-order valence-electron chi connectivity index (χ0n) is 8.64. The SMILES string of the molecule is NC(CCCNc1nc(=O)cc[nH]1)C(=O)O. The highest BCUT2D eigenvalue weighted by molar-refractivity contribution is 5.72. The maximum absolute atomic E-state index is 10.9. The van der Waals surface area contributed by atoms with E-state index in [9.17, 15) is 9.59 Å². The van der Waals surface area contributed by atoms with Gasteiger partial charge >= 0.3 is 5.97 Å². The first-order valence-electron chi connectivity index (χ1n) is 4.87. The van der Waals surface area contributed by atoms with Crippen molar-refractivity contribution in [2.75, 3.05) is 11.9 Å². The number of aromatic nitrogens is 2. The molecule has 1 atom stereocenters. The van der Waals surface area contributed by atoms with Gasteiger partial charge in [-0.3, -0.25) is 9.59 Å².